The van der Waals surface area contributed by atoms with Gasteiger partial charge in [0.25, 0.3) is 0 Å². The minimum atomic E-state index is -0.439. The van der Waals surface area contributed by atoms with Crippen molar-refractivity contribution in [1.82, 2.24) is 0 Å². The van der Waals surface area contributed by atoms with Crippen LogP contribution in [-0.4, -0.2) is 32.4 Å². The second-order valence-corrected chi connectivity index (χ2v) is 13.1. The zero-order valence-electron chi connectivity index (χ0n) is 31.7. The molecule has 3 saturated carbocycles. The third-order valence-electron chi connectivity index (χ3n) is 8.79. The van der Waals surface area contributed by atoms with E-state index in [0.29, 0.717) is 19.8 Å². The minimum absolute atomic E-state index is 0.235. The van der Waals surface area contributed by atoms with Crippen molar-refractivity contribution >= 4 is 5.97 Å². The lowest BCUT2D eigenvalue weighted by Crippen LogP contribution is -2.10. The Labute approximate surface area is 299 Å². The Hall–Kier alpha value is -2.01. The SMILES string of the molecule is C1CCCCCCCCC1.C1CCCCCCCCC1.C1CCCCCCCCC1.C=COC=C.C=COCCOCCOC(=O)C=C. The average Bonchev–Trinajstić information content (AvgIpc) is 3.13. The molecule has 3 rings (SSSR count). The van der Waals surface area contributed by atoms with E-state index >= 15 is 0 Å². The van der Waals surface area contributed by atoms with Crippen molar-refractivity contribution in [3.05, 3.63) is 51.2 Å². The molecular weight excluding hydrogens is 596 g/mol. The van der Waals surface area contributed by atoms with E-state index in [4.69, 9.17) is 9.47 Å². The first-order chi connectivity index (χ1) is 23.7. The Balaban J connectivity index is 0. The molecule has 0 aliphatic heterocycles. The molecule has 0 unspecified atom stereocenters. The van der Waals surface area contributed by atoms with Crippen LogP contribution in [0, 0.1) is 0 Å². The standard InChI is InChI=1S/3C10H20.C9H14O4.C4H6O/c3*1-2-4-6-8-10-9-7-5-3-1;1-3-9(10)13-8-7-12-6-5-11-4-2;1-3-5-4-2/h3*1-10H2;3-4H,1-2,5-8H2;3-4H,1-2H2. The number of carbonyl (C=O) groups excluding carboxylic acids is 1. The number of hydrogen-bond donors (Lipinski definition) is 0. The Bertz CT molecular complexity index is 508. The predicted molar refractivity (Wildman–Crippen MR) is 208 cm³/mol. The Morgan fingerprint density at radius 2 is 0.625 bits per heavy atom. The van der Waals surface area contributed by atoms with Crippen LogP contribution < -0.4 is 0 Å². The van der Waals surface area contributed by atoms with Crippen molar-refractivity contribution in [2.24, 2.45) is 0 Å². The first kappa shape index (κ1) is 48.1. The average molecular weight is 677 g/mol. The van der Waals surface area contributed by atoms with Crippen molar-refractivity contribution in [1.29, 1.82) is 0 Å². The van der Waals surface area contributed by atoms with Gasteiger partial charge in [0.2, 0.25) is 0 Å². The number of ether oxygens (including phenoxy) is 4. The van der Waals surface area contributed by atoms with E-state index in [9.17, 15) is 4.79 Å². The number of esters is 1. The van der Waals surface area contributed by atoms with Crippen LogP contribution in [-0.2, 0) is 23.7 Å². The van der Waals surface area contributed by atoms with Gasteiger partial charge in [0, 0.05) is 6.08 Å². The van der Waals surface area contributed by atoms with Crippen molar-refractivity contribution in [2.45, 2.75) is 193 Å². The van der Waals surface area contributed by atoms with E-state index in [1.165, 1.54) is 211 Å². The summed E-state index contributed by atoms with van der Waals surface area (Å²) >= 11 is 0. The maximum atomic E-state index is 10.5. The molecule has 0 amide bonds. The zero-order valence-corrected chi connectivity index (χ0v) is 31.7. The van der Waals surface area contributed by atoms with Gasteiger partial charge in [-0.05, 0) is 0 Å². The van der Waals surface area contributed by atoms with Crippen LogP contribution >= 0.6 is 0 Å². The normalized spacial score (nSPS) is 18.0. The van der Waals surface area contributed by atoms with Gasteiger partial charge in [-0.3, -0.25) is 0 Å². The zero-order chi connectivity index (χ0) is 35.3. The molecule has 0 aromatic carbocycles. The summed E-state index contributed by atoms with van der Waals surface area (Å²) in [4.78, 5) is 10.5. The lowest BCUT2D eigenvalue weighted by Gasteiger charge is -2.05. The quantitative estimate of drug-likeness (QED) is 0.0997. The number of hydrogen-bond acceptors (Lipinski definition) is 5. The monoisotopic (exact) mass is 677 g/mol. The maximum absolute atomic E-state index is 10.5. The highest BCUT2D eigenvalue weighted by Crippen LogP contribution is 2.17. The molecule has 0 saturated heterocycles. The summed E-state index contributed by atoms with van der Waals surface area (Å²) in [7, 11) is 0. The predicted octanol–water partition coefficient (Wildman–Crippen LogP) is 13.9. The van der Waals surface area contributed by atoms with Crippen LogP contribution in [0.25, 0.3) is 0 Å². The van der Waals surface area contributed by atoms with E-state index in [-0.39, 0.29) is 6.61 Å². The van der Waals surface area contributed by atoms with E-state index in [2.05, 4.69) is 35.8 Å². The molecule has 5 heteroatoms. The smallest absolute Gasteiger partial charge is 0.330 e. The molecular formula is C43H80O5. The summed E-state index contributed by atoms with van der Waals surface area (Å²) in [6.45, 7) is 14.6. The first-order valence-electron chi connectivity index (χ1n) is 20.2. The summed E-state index contributed by atoms with van der Waals surface area (Å²) in [6, 6.07) is 0. The van der Waals surface area contributed by atoms with Gasteiger partial charge in [-0.1, -0.05) is 219 Å². The Kier molecular flexibility index (Phi) is 47.2. The summed E-state index contributed by atoms with van der Waals surface area (Å²) < 4.78 is 18.9. The number of rotatable bonds is 10. The molecule has 0 atom stereocenters. The fourth-order valence-corrected chi connectivity index (χ4v) is 5.92. The van der Waals surface area contributed by atoms with Gasteiger partial charge in [0.1, 0.15) is 13.2 Å². The number of carbonyl (C=O) groups is 1. The lowest BCUT2D eigenvalue weighted by molar-refractivity contribution is -0.139. The van der Waals surface area contributed by atoms with Crippen molar-refractivity contribution in [2.75, 3.05) is 26.4 Å². The second kappa shape index (κ2) is 47.1. The highest BCUT2D eigenvalue weighted by atomic mass is 16.6. The summed E-state index contributed by atoms with van der Waals surface area (Å²) in [5.41, 5.74) is 0. The second-order valence-electron chi connectivity index (χ2n) is 13.1. The Morgan fingerprint density at radius 1 is 0.375 bits per heavy atom. The van der Waals surface area contributed by atoms with Crippen LogP contribution in [0.1, 0.15) is 193 Å². The van der Waals surface area contributed by atoms with Crippen LogP contribution in [0.4, 0.5) is 0 Å². The largest absolute Gasteiger partial charge is 0.499 e. The molecule has 282 valence electrons. The molecule has 0 radical (unpaired) electrons. The van der Waals surface area contributed by atoms with E-state index in [0.717, 1.165) is 6.08 Å². The molecule has 3 fully saturated rings. The van der Waals surface area contributed by atoms with E-state index in [1.807, 2.05) is 0 Å². The van der Waals surface area contributed by atoms with Gasteiger partial charge >= 0.3 is 5.97 Å². The van der Waals surface area contributed by atoms with Gasteiger partial charge < -0.3 is 18.9 Å². The maximum Gasteiger partial charge on any atom is 0.330 e. The molecule has 0 bridgehead atoms. The molecule has 0 N–H and O–H groups in total. The van der Waals surface area contributed by atoms with Crippen LogP contribution in [0.3, 0.4) is 0 Å². The molecule has 0 aromatic heterocycles. The third-order valence-corrected chi connectivity index (χ3v) is 8.79. The highest BCUT2D eigenvalue weighted by Gasteiger charge is 1.98. The summed E-state index contributed by atoms with van der Waals surface area (Å²) in [5.74, 6) is -0.439. The minimum Gasteiger partial charge on any atom is -0.499 e. The van der Waals surface area contributed by atoms with Gasteiger partial charge in [-0.25, -0.2) is 4.79 Å². The van der Waals surface area contributed by atoms with E-state index in [1.54, 1.807) is 0 Å². The van der Waals surface area contributed by atoms with Crippen molar-refractivity contribution in [3.63, 3.8) is 0 Å². The molecule has 5 nitrogen and oxygen atoms in total. The van der Waals surface area contributed by atoms with Crippen LogP contribution in [0.5, 0.6) is 0 Å². The topological polar surface area (TPSA) is 54.0 Å². The third kappa shape index (κ3) is 48.4. The molecule has 0 heterocycles. The molecule has 0 spiro atoms. The first-order valence-corrected chi connectivity index (χ1v) is 20.2. The molecule has 3 aliphatic carbocycles. The van der Waals surface area contributed by atoms with Crippen LogP contribution in [0.2, 0.25) is 0 Å². The molecule has 0 aromatic rings. The van der Waals surface area contributed by atoms with Gasteiger partial charge in [0.05, 0.1) is 32.0 Å². The van der Waals surface area contributed by atoms with Gasteiger partial charge in [0.15, 0.2) is 0 Å². The molecule has 3 aliphatic rings. The lowest BCUT2D eigenvalue weighted by atomic mass is 10.0. The molecule has 48 heavy (non-hydrogen) atoms. The van der Waals surface area contributed by atoms with Crippen molar-refractivity contribution in [3.8, 4) is 0 Å². The fourth-order valence-electron chi connectivity index (χ4n) is 5.92. The Morgan fingerprint density at radius 3 is 0.812 bits per heavy atom. The van der Waals surface area contributed by atoms with Gasteiger partial charge in [-0.15, -0.1) is 0 Å². The summed E-state index contributed by atoms with van der Waals surface area (Å²) in [5, 5.41) is 0. The summed E-state index contributed by atoms with van der Waals surface area (Å²) in [6.07, 6.45) is 50.1. The fraction of sp³-hybridized carbons (Fsp3) is 0.791. The van der Waals surface area contributed by atoms with Gasteiger partial charge in [-0.2, -0.15) is 0 Å². The van der Waals surface area contributed by atoms with E-state index < -0.39 is 5.97 Å². The van der Waals surface area contributed by atoms with Crippen LogP contribution in [0.15, 0.2) is 51.2 Å². The highest BCUT2D eigenvalue weighted by molar-refractivity contribution is 5.81. The van der Waals surface area contributed by atoms with Crippen molar-refractivity contribution < 1.29 is 23.7 Å².